The molecule has 3 aromatic rings. The number of anilines is 1. The molecule has 1 aromatic carbocycles. The second kappa shape index (κ2) is 8.64. The minimum absolute atomic E-state index is 0.0594. The van der Waals surface area contributed by atoms with E-state index in [0.717, 1.165) is 13.7 Å². The largest absolute Gasteiger partial charge is 0.480 e. The van der Waals surface area contributed by atoms with Crippen molar-refractivity contribution in [3.8, 4) is 11.6 Å². The summed E-state index contributed by atoms with van der Waals surface area (Å²) >= 11 is 6.88. The third-order valence-corrected chi connectivity index (χ3v) is 6.02. The predicted molar refractivity (Wildman–Crippen MR) is 112 cm³/mol. The number of ketones is 1. The number of aliphatic carboxylic acids is 1. The molecule has 0 amide bonds. The molecule has 0 unspecified atom stereocenters. The maximum atomic E-state index is 12.9. The number of carboxylic acids is 1. The number of nitrogens with zero attached hydrogens (tertiary/aromatic N) is 6. The Labute approximate surface area is 187 Å². The molecule has 0 spiro atoms. The van der Waals surface area contributed by atoms with E-state index in [4.69, 9.17) is 9.63 Å². The Morgan fingerprint density at radius 3 is 2.70 bits per heavy atom. The maximum absolute atomic E-state index is 12.9. The van der Waals surface area contributed by atoms with Gasteiger partial charge < -0.3 is 14.5 Å². The fourth-order valence-electron chi connectivity index (χ4n) is 3.33. The standard InChI is InChI=1S/C18H16Br2N6O4/c19-11-1-2-13(20)12(7-11)17(29)10-3-5-25(6-4-10)15-8-14(30-23-15)18-21-24-26(22-18)9-16(27)28/h1-2,7-8,10H,3-6,9H2,(H,27,28). The van der Waals surface area contributed by atoms with Crippen molar-refractivity contribution in [3.63, 3.8) is 0 Å². The second-order valence-electron chi connectivity index (χ2n) is 6.84. The van der Waals surface area contributed by atoms with E-state index in [2.05, 4.69) is 52.4 Å². The van der Waals surface area contributed by atoms with Gasteiger partial charge in [-0.1, -0.05) is 37.0 Å². The highest BCUT2D eigenvalue weighted by Gasteiger charge is 2.28. The summed E-state index contributed by atoms with van der Waals surface area (Å²) in [5.41, 5.74) is 0.682. The molecule has 0 bridgehead atoms. The number of carbonyl (C=O) groups excluding carboxylic acids is 1. The average Bonchev–Trinajstić information content (AvgIpc) is 3.38. The molecule has 1 fully saturated rings. The van der Waals surface area contributed by atoms with Gasteiger partial charge in [-0.05, 0) is 36.3 Å². The number of benzene rings is 1. The third-order valence-electron chi connectivity index (χ3n) is 4.83. The molecule has 30 heavy (non-hydrogen) atoms. The van der Waals surface area contributed by atoms with Gasteiger partial charge in [0, 0.05) is 39.6 Å². The lowest BCUT2D eigenvalue weighted by Gasteiger charge is -2.31. The first-order valence-corrected chi connectivity index (χ1v) is 10.7. The highest BCUT2D eigenvalue weighted by Crippen LogP contribution is 2.30. The van der Waals surface area contributed by atoms with Crippen molar-refractivity contribution >= 4 is 49.4 Å². The van der Waals surface area contributed by atoms with Gasteiger partial charge in [0.25, 0.3) is 0 Å². The van der Waals surface area contributed by atoms with Crippen molar-refractivity contribution in [2.75, 3.05) is 18.0 Å². The molecule has 1 N–H and O–H groups in total. The molecule has 0 saturated carbocycles. The molecule has 156 valence electrons. The van der Waals surface area contributed by atoms with E-state index < -0.39 is 5.97 Å². The minimum Gasteiger partial charge on any atom is -0.480 e. The summed E-state index contributed by atoms with van der Waals surface area (Å²) in [6, 6.07) is 7.28. The van der Waals surface area contributed by atoms with E-state index in [0.29, 0.717) is 43.1 Å². The smallest absolute Gasteiger partial charge is 0.327 e. The Hall–Kier alpha value is -2.60. The fourth-order valence-corrected chi connectivity index (χ4v) is 4.13. The van der Waals surface area contributed by atoms with Crippen molar-refractivity contribution in [2.45, 2.75) is 19.4 Å². The summed E-state index contributed by atoms with van der Waals surface area (Å²) in [5, 5.41) is 24.3. The quantitative estimate of drug-likeness (QED) is 0.470. The number of piperidine rings is 1. The molecule has 10 nitrogen and oxygen atoms in total. The van der Waals surface area contributed by atoms with Crippen molar-refractivity contribution in [1.29, 1.82) is 0 Å². The monoisotopic (exact) mass is 538 g/mol. The number of hydrogen-bond acceptors (Lipinski definition) is 8. The van der Waals surface area contributed by atoms with Crippen LogP contribution in [0.4, 0.5) is 5.82 Å². The molecule has 0 radical (unpaired) electrons. The molecule has 12 heteroatoms. The maximum Gasteiger partial charge on any atom is 0.327 e. The lowest BCUT2D eigenvalue weighted by atomic mass is 9.89. The number of hydrogen-bond donors (Lipinski definition) is 1. The molecular weight excluding hydrogens is 524 g/mol. The second-order valence-corrected chi connectivity index (χ2v) is 8.61. The van der Waals surface area contributed by atoms with Crippen LogP contribution in [0.2, 0.25) is 0 Å². The van der Waals surface area contributed by atoms with E-state index in [9.17, 15) is 9.59 Å². The van der Waals surface area contributed by atoms with Crippen LogP contribution in [0.15, 0.2) is 37.7 Å². The van der Waals surface area contributed by atoms with Gasteiger partial charge in [-0.25, -0.2) is 0 Å². The predicted octanol–water partition coefficient (Wildman–Crippen LogP) is 3.04. The van der Waals surface area contributed by atoms with Crippen molar-refractivity contribution in [3.05, 3.63) is 38.8 Å². The Balaban J connectivity index is 1.40. The SMILES string of the molecule is O=C(O)Cn1nnc(-c2cc(N3CCC(C(=O)c4cc(Br)ccc4Br)CC3)no2)n1. The van der Waals surface area contributed by atoms with Crippen LogP contribution >= 0.6 is 31.9 Å². The minimum atomic E-state index is -1.07. The van der Waals surface area contributed by atoms with Gasteiger partial charge in [0.05, 0.1) is 0 Å². The van der Waals surface area contributed by atoms with Gasteiger partial charge in [0.2, 0.25) is 11.6 Å². The van der Waals surface area contributed by atoms with Crippen LogP contribution in [0.3, 0.4) is 0 Å². The van der Waals surface area contributed by atoms with Gasteiger partial charge in [-0.15, -0.1) is 10.2 Å². The average molecular weight is 540 g/mol. The number of carbonyl (C=O) groups is 2. The van der Waals surface area contributed by atoms with E-state index in [1.54, 1.807) is 6.07 Å². The molecule has 3 heterocycles. The third kappa shape index (κ3) is 4.43. The fraction of sp³-hybridized carbons (Fsp3) is 0.333. The van der Waals surface area contributed by atoms with E-state index >= 15 is 0 Å². The van der Waals surface area contributed by atoms with Crippen LogP contribution in [0.5, 0.6) is 0 Å². The van der Waals surface area contributed by atoms with E-state index in [1.807, 2.05) is 23.1 Å². The summed E-state index contributed by atoms with van der Waals surface area (Å²) in [4.78, 5) is 26.6. The van der Waals surface area contributed by atoms with Crippen LogP contribution in [0.1, 0.15) is 23.2 Å². The number of rotatable bonds is 6. The number of carboxylic acid groups (broad SMARTS) is 1. The Kier molecular flexibility index (Phi) is 5.95. The summed E-state index contributed by atoms with van der Waals surface area (Å²) in [5.74, 6) is 0.0924. The zero-order valence-corrected chi connectivity index (χ0v) is 18.7. The van der Waals surface area contributed by atoms with Crippen LogP contribution in [-0.2, 0) is 11.3 Å². The number of tetrazole rings is 1. The molecular formula is C18H16Br2N6O4. The molecule has 4 rings (SSSR count). The molecule has 0 atom stereocenters. The van der Waals surface area contributed by atoms with Gasteiger partial charge >= 0.3 is 5.97 Å². The zero-order chi connectivity index (χ0) is 21.3. The van der Waals surface area contributed by atoms with Crippen molar-refractivity contribution < 1.29 is 19.2 Å². The topological polar surface area (TPSA) is 127 Å². The number of aromatic nitrogens is 5. The van der Waals surface area contributed by atoms with Crippen molar-refractivity contribution in [1.82, 2.24) is 25.4 Å². The summed E-state index contributed by atoms with van der Waals surface area (Å²) in [6.45, 7) is 0.934. The lowest BCUT2D eigenvalue weighted by molar-refractivity contribution is -0.138. The van der Waals surface area contributed by atoms with Crippen LogP contribution < -0.4 is 4.90 Å². The molecule has 1 saturated heterocycles. The number of Topliss-reactive ketones (excluding diaryl/α,β-unsaturated/α-hetero) is 1. The normalized spacial score (nSPS) is 14.8. The van der Waals surface area contributed by atoms with Gasteiger partial charge in [0.1, 0.15) is 0 Å². The lowest BCUT2D eigenvalue weighted by Crippen LogP contribution is -2.36. The number of halogens is 2. The Bertz CT molecular complexity index is 1090. The van der Waals surface area contributed by atoms with Gasteiger partial charge in [-0.2, -0.15) is 4.80 Å². The molecule has 1 aliphatic heterocycles. The highest BCUT2D eigenvalue weighted by molar-refractivity contribution is 9.11. The highest BCUT2D eigenvalue weighted by atomic mass is 79.9. The first-order valence-electron chi connectivity index (χ1n) is 9.11. The molecule has 1 aliphatic rings. The summed E-state index contributed by atoms with van der Waals surface area (Å²) in [7, 11) is 0. The van der Waals surface area contributed by atoms with Crippen LogP contribution in [0.25, 0.3) is 11.6 Å². The van der Waals surface area contributed by atoms with E-state index in [-0.39, 0.29) is 24.1 Å². The van der Waals surface area contributed by atoms with Crippen LogP contribution in [0, 0.1) is 5.92 Å². The Morgan fingerprint density at radius 1 is 1.20 bits per heavy atom. The first-order chi connectivity index (χ1) is 14.4. The summed E-state index contributed by atoms with van der Waals surface area (Å²) < 4.78 is 6.96. The first kappa shape index (κ1) is 20.7. The van der Waals surface area contributed by atoms with Crippen LogP contribution in [-0.4, -0.2) is 55.3 Å². The molecule has 2 aromatic heterocycles. The summed E-state index contributed by atoms with van der Waals surface area (Å²) in [6.07, 6.45) is 1.40. The van der Waals surface area contributed by atoms with Gasteiger partial charge in [0.15, 0.2) is 18.1 Å². The zero-order valence-electron chi connectivity index (χ0n) is 15.5. The van der Waals surface area contributed by atoms with Gasteiger partial charge in [-0.3, -0.25) is 9.59 Å². The molecule has 0 aliphatic carbocycles. The van der Waals surface area contributed by atoms with E-state index in [1.165, 1.54) is 0 Å². The van der Waals surface area contributed by atoms with Crippen molar-refractivity contribution in [2.24, 2.45) is 5.92 Å². The Morgan fingerprint density at radius 2 is 1.97 bits per heavy atom.